The fourth-order valence-corrected chi connectivity index (χ4v) is 6.46. The van der Waals surface area contributed by atoms with E-state index >= 15 is 0 Å². The van der Waals surface area contributed by atoms with Gasteiger partial charge in [-0.2, -0.15) is 0 Å². The lowest BCUT2D eigenvalue weighted by atomic mass is 9.97. The predicted molar refractivity (Wildman–Crippen MR) is 126 cm³/mol. The topological polar surface area (TPSA) is 64.0 Å². The molecule has 0 unspecified atom stereocenters. The fraction of sp³-hybridized carbons (Fsp3) is 0.435. The first-order valence-corrected chi connectivity index (χ1v) is 12.2. The number of hydrogen-bond donors (Lipinski definition) is 1. The number of aromatic nitrogens is 2. The van der Waals surface area contributed by atoms with E-state index in [1.165, 1.54) is 34.2 Å². The fourth-order valence-electron chi connectivity index (χ4n) is 4.29. The minimum Gasteiger partial charge on any atom is -0.325 e. The summed E-state index contributed by atoms with van der Waals surface area (Å²) in [5.41, 5.74) is 5.41. The Balaban J connectivity index is 1.58. The maximum atomic E-state index is 13.2. The number of benzene rings is 1. The lowest BCUT2D eigenvalue weighted by Crippen LogP contribution is -2.24. The Morgan fingerprint density at radius 2 is 1.90 bits per heavy atom. The number of thioether (sulfide) groups is 1. The number of nitrogens with one attached hydrogen (secondary N) is 1. The maximum absolute atomic E-state index is 13.2. The smallest absolute Gasteiger partial charge is 0.263 e. The summed E-state index contributed by atoms with van der Waals surface area (Å²) in [5.74, 6) is 0.132. The average molecular weight is 442 g/mol. The molecule has 5 nitrogen and oxygen atoms in total. The van der Waals surface area contributed by atoms with E-state index in [0.717, 1.165) is 46.3 Å². The van der Waals surface area contributed by atoms with E-state index in [9.17, 15) is 9.59 Å². The van der Waals surface area contributed by atoms with Gasteiger partial charge >= 0.3 is 0 Å². The minimum atomic E-state index is -0.0856. The summed E-state index contributed by atoms with van der Waals surface area (Å²) in [6, 6.07) is 4.14. The SMILES string of the molecule is CCn1c(SCC(=O)Nc2c(C)cc(C)cc2C)nc2sc3c(c2c1=O)CCCC3. The molecule has 1 aromatic carbocycles. The number of nitrogens with zero attached hydrogens (tertiary/aromatic N) is 2. The molecule has 1 aliphatic carbocycles. The number of aryl methyl sites for hydroxylation is 5. The van der Waals surface area contributed by atoms with Gasteiger partial charge in [-0.1, -0.05) is 29.5 Å². The Morgan fingerprint density at radius 1 is 1.20 bits per heavy atom. The summed E-state index contributed by atoms with van der Waals surface area (Å²) in [4.78, 5) is 32.8. The lowest BCUT2D eigenvalue weighted by Gasteiger charge is -2.14. The molecule has 1 N–H and O–H groups in total. The van der Waals surface area contributed by atoms with Crippen LogP contribution in [0, 0.1) is 20.8 Å². The van der Waals surface area contributed by atoms with Crippen molar-refractivity contribution in [2.45, 2.75) is 65.1 Å². The molecule has 4 rings (SSSR count). The highest BCUT2D eigenvalue weighted by Gasteiger charge is 2.22. The molecule has 0 radical (unpaired) electrons. The van der Waals surface area contributed by atoms with E-state index in [2.05, 4.69) is 24.4 Å². The molecule has 0 bridgehead atoms. The van der Waals surface area contributed by atoms with Gasteiger partial charge in [0, 0.05) is 17.1 Å². The van der Waals surface area contributed by atoms with Gasteiger partial charge in [0.05, 0.1) is 11.1 Å². The Morgan fingerprint density at radius 3 is 2.60 bits per heavy atom. The highest BCUT2D eigenvalue weighted by molar-refractivity contribution is 7.99. The van der Waals surface area contributed by atoms with Crippen LogP contribution in [0.15, 0.2) is 22.1 Å². The predicted octanol–water partition coefficient (Wildman–Crippen LogP) is 5.01. The van der Waals surface area contributed by atoms with Crippen LogP contribution in [-0.2, 0) is 24.2 Å². The average Bonchev–Trinajstić information content (AvgIpc) is 3.07. The first kappa shape index (κ1) is 21.1. The van der Waals surface area contributed by atoms with Gasteiger partial charge in [0.25, 0.3) is 5.56 Å². The molecule has 0 atom stereocenters. The van der Waals surface area contributed by atoms with Crippen LogP contribution in [0.3, 0.4) is 0 Å². The Labute approximate surface area is 184 Å². The monoisotopic (exact) mass is 441 g/mol. The van der Waals surface area contributed by atoms with E-state index < -0.39 is 0 Å². The van der Waals surface area contributed by atoms with Gasteiger partial charge in [0.2, 0.25) is 5.91 Å². The Bertz CT molecular complexity index is 1170. The van der Waals surface area contributed by atoms with Crippen LogP contribution in [0.2, 0.25) is 0 Å². The summed E-state index contributed by atoms with van der Waals surface area (Å²) >= 11 is 2.99. The molecule has 2 heterocycles. The zero-order chi connectivity index (χ0) is 21.4. The van der Waals surface area contributed by atoms with Crippen molar-refractivity contribution in [3.63, 3.8) is 0 Å². The van der Waals surface area contributed by atoms with Gasteiger partial charge in [-0.3, -0.25) is 14.2 Å². The van der Waals surface area contributed by atoms with Gasteiger partial charge < -0.3 is 5.32 Å². The molecule has 1 aliphatic rings. The number of rotatable bonds is 5. The van der Waals surface area contributed by atoms with Crippen molar-refractivity contribution in [1.82, 2.24) is 9.55 Å². The second kappa shape index (κ2) is 8.55. The van der Waals surface area contributed by atoms with Crippen LogP contribution < -0.4 is 10.9 Å². The third-order valence-corrected chi connectivity index (χ3v) is 7.79. The van der Waals surface area contributed by atoms with Crippen molar-refractivity contribution < 1.29 is 4.79 Å². The van der Waals surface area contributed by atoms with Gasteiger partial charge in [-0.05, 0) is 70.1 Å². The molecule has 0 spiro atoms. The second-order valence-electron chi connectivity index (χ2n) is 7.95. The molecule has 0 aliphatic heterocycles. The van der Waals surface area contributed by atoms with E-state index in [1.54, 1.807) is 15.9 Å². The molecular weight excluding hydrogens is 414 g/mol. The highest BCUT2D eigenvalue weighted by Crippen LogP contribution is 2.34. The molecule has 158 valence electrons. The third kappa shape index (κ3) is 3.93. The van der Waals surface area contributed by atoms with Gasteiger partial charge in [-0.15, -0.1) is 11.3 Å². The number of carbonyl (C=O) groups is 1. The van der Waals surface area contributed by atoms with Gasteiger partial charge in [-0.25, -0.2) is 4.98 Å². The quantitative estimate of drug-likeness (QED) is 0.446. The van der Waals surface area contributed by atoms with Crippen molar-refractivity contribution in [2.24, 2.45) is 0 Å². The number of carbonyl (C=O) groups excluding carboxylic acids is 1. The molecule has 0 fully saturated rings. The second-order valence-corrected chi connectivity index (χ2v) is 9.97. The molecule has 30 heavy (non-hydrogen) atoms. The maximum Gasteiger partial charge on any atom is 0.263 e. The highest BCUT2D eigenvalue weighted by atomic mass is 32.2. The molecule has 7 heteroatoms. The van der Waals surface area contributed by atoms with E-state index in [4.69, 9.17) is 4.98 Å². The van der Waals surface area contributed by atoms with Gasteiger partial charge in [0.1, 0.15) is 4.83 Å². The standard InChI is InChI=1S/C23H27N3O2S2/c1-5-26-22(28)19-16-8-6-7-9-17(16)30-21(19)25-23(26)29-12-18(27)24-20-14(3)10-13(2)11-15(20)4/h10-11H,5-9,12H2,1-4H3,(H,24,27). The molecule has 0 saturated carbocycles. The Kier molecular flexibility index (Phi) is 6.02. The number of thiophene rings is 1. The molecule has 0 saturated heterocycles. The summed E-state index contributed by atoms with van der Waals surface area (Å²) in [5, 5.41) is 4.46. The number of amides is 1. The van der Waals surface area contributed by atoms with Crippen LogP contribution in [0.5, 0.6) is 0 Å². The normalized spacial score (nSPS) is 13.5. The van der Waals surface area contributed by atoms with Crippen molar-refractivity contribution >= 4 is 44.9 Å². The largest absolute Gasteiger partial charge is 0.325 e. The summed E-state index contributed by atoms with van der Waals surface area (Å²) in [7, 11) is 0. The van der Waals surface area contributed by atoms with Crippen LogP contribution >= 0.6 is 23.1 Å². The van der Waals surface area contributed by atoms with Crippen LogP contribution in [0.1, 0.15) is 46.9 Å². The van der Waals surface area contributed by atoms with Crippen molar-refractivity contribution in [3.05, 3.63) is 49.6 Å². The number of anilines is 1. The zero-order valence-corrected chi connectivity index (χ0v) is 19.6. The van der Waals surface area contributed by atoms with E-state index in [1.807, 2.05) is 20.8 Å². The first-order chi connectivity index (χ1) is 14.4. The molecule has 2 aromatic heterocycles. The van der Waals surface area contributed by atoms with Crippen LogP contribution in [0.4, 0.5) is 5.69 Å². The van der Waals surface area contributed by atoms with E-state index in [0.29, 0.717) is 11.7 Å². The van der Waals surface area contributed by atoms with Crippen molar-refractivity contribution in [1.29, 1.82) is 0 Å². The van der Waals surface area contributed by atoms with Crippen molar-refractivity contribution in [2.75, 3.05) is 11.1 Å². The summed E-state index contributed by atoms with van der Waals surface area (Å²) in [6.45, 7) is 8.57. The minimum absolute atomic E-state index is 0.0371. The lowest BCUT2D eigenvalue weighted by molar-refractivity contribution is -0.113. The van der Waals surface area contributed by atoms with Gasteiger partial charge in [0.15, 0.2) is 5.16 Å². The van der Waals surface area contributed by atoms with Crippen molar-refractivity contribution in [3.8, 4) is 0 Å². The molecule has 1 amide bonds. The molecule has 3 aromatic rings. The summed E-state index contributed by atoms with van der Waals surface area (Å²) in [6.07, 6.45) is 4.34. The zero-order valence-electron chi connectivity index (χ0n) is 17.9. The number of fused-ring (bicyclic) bond motifs is 3. The van der Waals surface area contributed by atoms with Crippen LogP contribution in [0.25, 0.3) is 10.2 Å². The first-order valence-electron chi connectivity index (χ1n) is 10.4. The summed E-state index contributed by atoms with van der Waals surface area (Å²) < 4.78 is 1.71. The Hall–Kier alpha value is -2.12. The van der Waals surface area contributed by atoms with Crippen LogP contribution in [-0.4, -0.2) is 21.2 Å². The number of hydrogen-bond acceptors (Lipinski definition) is 5. The molecular formula is C23H27N3O2S2. The third-order valence-electron chi connectivity index (χ3n) is 5.63. The van der Waals surface area contributed by atoms with E-state index in [-0.39, 0.29) is 17.2 Å².